The van der Waals surface area contributed by atoms with E-state index in [0.717, 1.165) is 116 Å². The van der Waals surface area contributed by atoms with Gasteiger partial charge in [-0.1, -0.05) is 97.3 Å². The maximum Gasteiger partial charge on any atom is 0.508 e. The van der Waals surface area contributed by atoms with Crippen molar-refractivity contribution < 1.29 is 86.3 Å². The lowest BCUT2D eigenvalue weighted by molar-refractivity contribution is -0.155. The zero-order chi connectivity index (χ0) is 56.7. The highest BCUT2D eigenvalue weighted by Crippen LogP contribution is 2.17. The van der Waals surface area contributed by atoms with E-state index in [9.17, 15) is 39.0 Å². The molecule has 0 aromatic heterocycles. The summed E-state index contributed by atoms with van der Waals surface area (Å²) in [5, 5.41) is 18.6. The van der Waals surface area contributed by atoms with Crippen molar-refractivity contribution in [3.8, 4) is 0 Å². The molecule has 19 nitrogen and oxygen atoms in total. The Labute approximate surface area is 463 Å². The molecule has 0 amide bonds. The molecule has 2 N–H and O–H groups in total. The van der Waals surface area contributed by atoms with Gasteiger partial charge in [0.05, 0.1) is 79.6 Å². The van der Waals surface area contributed by atoms with Gasteiger partial charge in [-0.3, -0.25) is 28.9 Å². The highest BCUT2D eigenvalue weighted by atomic mass is 16.7. The fourth-order valence-electron chi connectivity index (χ4n) is 8.28. The van der Waals surface area contributed by atoms with Crippen molar-refractivity contribution >= 4 is 36.0 Å². The van der Waals surface area contributed by atoms with Gasteiger partial charge in [0.2, 0.25) is 0 Å². The average Bonchev–Trinajstić information content (AvgIpc) is 3.41. The second kappa shape index (κ2) is 55.7. The van der Waals surface area contributed by atoms with E-state index < -0.39 is 18.0 Å². The molecule has 0 spiro atoms. The molecular formula is C58H107NO18. The molecule has 2 unspecified atom stereocenters. The summed E-state index contributed by atoms with van der Waals surface area (Å²) in [6, 6.07) is 0. The molecule has 0 aliphatic carbocycles. The summed E-state index contributed by atoms with van der Waals surface area (Å²) < 4.78 is 55.0. The normalized spacial score (nSPS) is 12.1. The van der Waals surface area contributed by atoms with Crippen LogP contribution in [0.15, 0.2) is 0 Å². The number of hydrogen-bond acceptors (Lipinski definition) is 19. The number of carbonyl (C=O) groups excluding carboxylic acids is 6. The van der Waals surface area contributed by atoms with Crippen LogP contribution in [0.3, 0.4) is 0 Å². The number of rotatable bonds is 57. The Morgan fingerprint density at radius 2 is 0.831 bits per heavy atom. The second-order valence-electron chi connectivity index (χ2n) is 20.1. The number of unbranched alkanes of at least 4 members (excludes halogenated alkanes) is 15. The zero-order valence-electron chi connectivity index (χ0n) is 48.4. The van der Waals surface area contributed by atoms with Crippen molar-refractivity contribution in [2.45, 2.75) is 200 Å². The molecule has 0 saturated heterocycles. The Hall–Kier alpha value is -3.62. The largest absolute Gasteiger partial charge is 0.508 e. The highest BCUT2D eigenvalue weighted by molar-refractivity contribution is 5.71. The van der Waals surface area contributed by atoms with E-state index in [1.165, 1.54) is 7.11 Å². The van der Waals surface area contributed by atoms with Gasteiger partial charge in [-0.15, -0.1) is 0 Å². The predicted molar refractivity (Wildman–Crippen MR) is 293 cm³/mol. The van der Waals surface area contributed by atoms with Gasteiger partial charge in [-0.2, -0.15) is 0 Å². The number of carbonyl (C=O) groups is 6. The summed E-state index contributed by atoms with van der Waals surface area (Å²) in [5.41, 5.74) is 0. The van der Waals surface area contributed by atoms with E-state index in [1.54, 1.807) is 7.11 Å². The molecule has 452 valence electrons. The number of aliphatic hydroxyl groups excluding tert-OH is 2. The summed E-state index contributed by atoms with van der Waals surface area (Å²) in [4.78, 5) is 77.2. The number of esters is 5. The minimum Gasteiger partial charge on any atom is -0.469 e. The molecule has 0 fully saturated rings. The number of hydrogen-bond donors (Lipinski definition) is 2. The SMILES string of the molecule is CCCCCCCC(=O)OCC(COC(=O)CCCCCCC)CC(=O)OCCC(CCOC(=O)CCCC(COCCCCCCCOC)COCCCCCCC(=O)OC)COC(=O)OCCCN(CCO)CCO. The number of methoxy groups -OCH3 is 2. The fourth-order valence-corrected chi connectivity index (χ4v) is 8.28. The van der Waals surface area contributed by atoms with Gasteiger partial charge in [0.1, 0.15) is 0 Å². The lowest BCUT2D eigenvalue weighted by atomic mass is 10.0. The first-order chi connectivity index (χ1) is 37.5. The first-order valence-corrected chi connectivity index (χ1v) is 29.6. The van der Waals surface area contributed by atoms with Crippen LogP contribution in [-0.4, -0.2) is 171 Å². The Balaban J connectivity index is 5.47. The van der Waals surface area contributed by atoms with Gasteiger partial charge in [-0.25, -0.2) is 4.79 Å². The first-order valence-electron chi connectivity index (χ1n) is 29.6. The molecule has 0 aliphatic heterocycles. The smallest absolute Gasteiger partial charge is 0.469 e. The van der Waals surface area contributed by atoms with Crippen molar-refractivity contribution in [2.24, 2.45) is 17.8 Å². The van der Waals surface area contributed by atoms with Crippen molar-refractivity contribution in [3.63, 3.8) is 0 Å². The Morgan fingerprint density at radius 1 is 0.377 bits per heavy atom. The Morgan fingerprint density at radius 3 is 1.35 bits per heavy atom. The van der Waals surface area contributed by atoms with E-state index in [2.05, 4.69) is 13.8 Å². The van der Waals surface area contributed by atoms with Gasteiger partial charge < -0.3 is 57.6 Å². The van der Waals surface area contributed by atoms with Crippen LogP contribution in [0, 0.1) is 17.8 Å². The summed E-state index contributed by atoms with van der Waals surface area (Å²) in [6.45, 7) is 8.22. The van der Waals surface area contributed by atoms with Crippen molar-refractivity contribution in [2.75, 3.05) is 120 Å². The minimum absolute atomic E-state index is 0.0398. The van der Waals surface area contributed by atoms with Crippen LogP contribution in [0.2, 0.25) is 0 Å². The van der Waals surface area contributed by atoms with E-state index in [-0.39, 0.29) is 121 Å². The molecule has 0 radical (unpaired) electrons. The highest BCUT2D eigenvalue weighted by Gasteiger charge is 2.22. The van der Waals surface area contributed by atoms with Gasteiger partial charge in [0.25, 0.3) is 0 Å². The monoisotopic (exact) mass is 1110 g/mol. The van der Waals surface area contributed by atoms with Gasteiger partial charge in [0, 0.05) is 84.1 Å². The Bertz CT molecular complexity index is 1390. The van der Waals surface area contributed by atoms with Crippen molar-refractivity contribution in [1.82, 2.24) is 4.90 Å². The fraction of sp³-hybridized carbons (Fsp3) is 0.897. The van der Waals surface area contributed by atoms with Gasteiger partial charge in [0.15, 0.2) is 0 Å². The van der Waals surface area contributed by atoms with Crippen LogP contribution in [0.1, 0.15) is 200 Å². The van der Waals surface area contributed by atoms with Crippen LogP contribution in [0.5, 0.6) is 0 Å². The predicted octanol–water partition coefficient (Wildman–Crippen LogP) is 9.65. The maximum atomic E-state index is 13.2. The number of ether oxygens (including phenoxy) is 10. The molecule has 77 heavy (non-hydrogen) atoms. The summed E-state index contributed by atoms with van der Waals surface area (Å²) in [5.74, 6) is -2.75. The third-order valence-electron chi connectivity index (χ3n) is 13.1. The van der Waals surface area contributed by atoms with Gasteiger partial charge >= 0.3 is 36.0 Å². The number of aliphatic hydroxyl groups is 2. The van der Waals surface area contributed by atoms with Crippen LogP contribution < -0.4 is 0 Å². The maximum absolute atomic E-state index is 13.2. The molecule has 0 aromatic rings. The summed E-state index contributed by atoms with van der Waals surface area (Å²) >= 11 is 0. The van der Waals surface area contributed by atoms with E-state index in [0.29, 0.717) is 91.0 Å². The molecule has 0 bridgehead atoms. The van der Waals surface area contributed by atoms with Gasteiger partial charge in [-0.05, 0) is 76.5 Å². The van der Waals surface area contributed by atoms with E-state index in [4.69, 9.17) is 47.4 Å². The third-order valence-corrected chi connectivity index (χ3v) is 13.1. The zero-order valence-corrected chi connectivity index (χ0v) is 48.4. The third kappa shape index (κ3) is 50.4. The minimum atomic E-state index is -0.884. The van der Waals surface area contributed by atoms with Crippen LogP contribution in [0.4, 0.5) is 4.79 Å². The lowest BCUT2D eigenvalue weighted by Gasteiger charge is -2.20. The lowest BCUT2D eigenvalue weighted by Crippen LogP contribution is -2.31. The van der Waals surface area contributed by atoms with Crippen LogP contribution in [0.25, 0.3) is 0 Å². The van der Waals surface area contributed by atoms with Crippen LogP contribution >= 0.6 is 0 Å². The molecule has 0 rings (SSSR count). The van der Waals surface area contributed by atoms with E-state index in [1.807, 2.05) is 4.90 Å². The average molecular weight is 1110 g/mol. The first kappa shape index (κ1) is 73.4. The topological polar surface area (TPSA) is 238 Å². The molecule has 19 heteroatoms. The molecule has 0 saturated carbocycles. The van der Waals surface area contributed by atoms with Crippen molar-refractivity contribution in [3.05, 3.63) is 0 Å². The van der Waals surface area contributed by atoms with Crippen molar-refractivity contribution in [1.29, 1.82) is 0 Å². The number of nitrogens with zero attached hydrogens (tertiary/aromatic N) is 1. The summed E-state index contributed by atoms with van der Waals surface area (Å²) in [6.07, 6.45) is 21.1. The van der Waals surface area contributed by atoms with E-state index >= 15 is 0 Å². The quantitative estimate of drug-likeness (QED) is 0.0327. The van der Waals surface area contributed by atoms with Crippen LogP contribution in [-0.2, 0) is 71.3 Å². The molecule has 0 heterocycles. The molecule has 2 atom stereocenters. The molecule has 0 aromatic carbocycles. The molecular weight excluding hydrogens is 999 g/mol. The standard InChI is InChI=1S/C58H107NO18/c1-5-7-9-12-19-28-55(64)75-48-52(49-76-56(65)29-20-13-10-8-6-2)44-57(66)73-43-32-50(47-77-58(67)74-41-25-33-59(34-36-60)35-37-61)31-42-72-54(63)30-24-26-51(45-70-39-22-16-11-15-21-38-68-3)46-71-40-23-17-14-18-27-53(62)69-4/h50-52,60-61H,5-49H2,1-4H3. The Kier molecular flexibility index (Phi) is 53.1. The molecule has 0 aliphatic rings. The summed E-state index contributed by atoms with van der Waals surface area (Å²) in [7, 11) is 3.12. The second-order valence-corrected chi connectivity index (χ2v) is 20.1.